The summed E-state index contributed by atoms with van der Waals surface area (Å²) in [5.74, 6) is 0.0249. The molecule has 0 saturated heterocycles. The number of nitrogens with one attached hydrogen (secondary N) is 2. The van der Waals surface area contributed by atoms with Crippen LogP contribution in [-0.2, 0) is 0 Å². The van der Waals surface area contributed by atoms with Gasteiger partial charge in [0.1, 0.15) is 0 Å². The van der Waals surface area contributed by atoms with Gasteiger partial charge in [-0.2, -0.15) is 5.10 Å². The van der Waals surface area contributed by atoms with Crippen LogP contribution in [0.3, 0.4) is 0 Å². The summed E-state index contributed by atoms with van der Waals surface area (Å²) < 4.78 is 5.02. The minimum absolute atomic E-state index is 0.265. The molecule has 0 unspecified atom stereocenters. The molecule has 1 amide bonds. The van der Waals surface area contributed by atoms with Gasteiger partial charge in [-0.15, -0.1) is 0 Å². The van der Waals surface area contributed by atoms with E-state index in [9.17, 15) is 4.79 Å². The third-order valence-electron chi connectivity index (χ3n) is 2.70. The van der Waals surface area contributed by atoms with Crippen LogP contribution in [0, 0.1) is 0 Å². The quantitative estimate of drug-likeness (QED) is 0.753. The normalized spacial score (nSPS) is 10.3. The molecule has 0 fully saturated rings. The van der Waals surface area contributed by atoms with Crippen molar-refractivity contribution in [1.82, 2.24) is 10.2 Å². The first-order chi connectivity index (χ1) is 9.33. The van der Waals surface area contributed by atoms with Crippen LogP contribution in [0.1, 0.15) is 10.6 Å². The average Bonchev–Trinajstić information content (AvgIpc) is 3.13. The number of amides is 1. The molecule has 0 aliphatic carbocycles. The van der Waals surface area contributed by atoms with Crippen molar-refractivity contribution in [3.05, 3.63) is 60.7 Å². The van der Waals surface area contributed by atoms with Gasteiger partial charge in [-0.05, 0) is 35.9 Å². The maximum atomic E-state index is 11.8. The highest BCUT2D eigenvalue weighted by atomic mass is 16.3. The average molecular weight is 253 g/mol. The van der Waals surface area contributed by atoms with Gasteiger partial charge >= 0.3 is 0 Å². The van der Waals surface area contributed by atoms with Crippen LogP contribution in [0.15, 0.2) is 59.3 Å². The van der Waals surface area contributed by atoms with Gasteiger partial charge in [-0.25, -0.2) is 0 Å². The summed E-state index contributed by atoms with van der Waals surface area (Å²) in [4.78, 5) is 11.8. The van der Waals surface area contributed by atoms with Crippen LogP contribution in [0.5, 0.6) is 0 Å². The molecule has 3 aromatic rings. The summed E-state index contributed by atoms with van der Waals surface area (Å²) in [5.41, 5.74) is 2.65. The van der Waals surface area contributed by atoms with Crippen molar-refractivity contribution in [3.63, 3.8) is 0 Å². The van der Waals surface area contributed by atoms with Gasteiger partial charge < -0.3 is 9.73 Å². The lowest BCUT2D eigenvalue weighted by atomic mass is 10.1. The number of anilines is 1. The summed E-state index contributed by atoms with van der Waals surface area (Å²) in [6.07, 6.45) is 3.16. The van der Waals surface area contributed by atoms with Crippen LogP contribution >= 0.6 is 0 Å². The van der Waals surface area contributed by atoms with Crippen LogP contribution in [0.25, 0.3) is 11.3 Å². The molecule has 1 aromatic carbocycles. The lowest BCUT2D eigenvalue weighted by Gasteiger charge is -2.04. The van der Waals surface area contributed by atoms with Gasteiger partial charge in [0.2, 0.25) is 0 Å². The van der Waals surface area contributed by atoms with Crippen molar-refractivity contribution in [2.24, 2.45) is 0 Å². The molecule has 2 N–H and O–H groups in total. The van der Waals surface area contributed by atoms with Crippen molar-refractivity contribution in [1.29, 1.82) is 0 Å². The van der Waals surface area contributed by atoms with E-state index in [1.807, 2.05) is 30.3 Å². The van der Waals surface area contributed by atoms with Crippen molar-refractivity contribution in [2.75, 3.05) is 5.32 Å². The van der Waals surface area contributed by atoms with Crippen molar-refractivity contribution < 1.29 is 9.21 Å². The molecule has 0 atom stereocenters. The van der Waals surface area contributed by atoms with E-state index in [-0.39, 0.29) is 11.7 Å². The Morgan fingerprint density at radius 1 is 1.16 bits per heavy atom. The first-order valence-electron chi connectivity index (χ1n) is 5.77. The van der Waals surface area contributed by atoms with Crippen LogP contribution < -0.4 is 5.32 Å². The largest absolute Gasteiger partial charge is 0.459 e. The third kappa shape index (κ3) is 2.40. The van der Waals surface area contributed by atoms with Gasteiger partial charge in [-0.1, -0.05) is 12.1 Å². The number of nitrogens with zero attached hydrogens (tertiary/aromatic N) is 1. The molecule has 0 saturated carbocycles. The molecule has 0 bridgehead atoms. The zero-order valence-electron chi connectivity index (χ0n) is 9.96. The predicted octanol–water partition coefficient (Wildman–Crippen LogP) is 2.92. The van der Waals surface area contributed by atoms with Crippen molar-refractivity contribution in [2.45, 2.75) is 0 Å². The maximum absolute atomic E-state index is 11.8. The molecule has 3 rings (SSSR count). The fraction of sp³-hybridized carbons (Fsp3) is 0. The molecular weight excluding hydrogens is 242 g/mol. The molecule has 0 aliphatic heterocycles. The van der Waals surface area contributed by atoms with Crippen LogP contribution in [0.2, 0.25) is 0 Å². The minimum Gasteiger partial charge on any atom is -0.459 e. The summed E-state index contributed by atoms with van der Waals surface area (Å²) in [6.45, 7) is 0. The molecule has 5 heteroatoms. The second-order valence-electron chi connectivity index (χ2n) is 3.98. The van der Waals surface area contributed by atoms with Crippen molar-refractivity contribution >= 4 is 11.6 Å². The second kappa shape index (κ2) is 4.81. The summed E-state index contributed by atoms with van der Waals surface area (Å²) in [6, 6.07) is 12.7. The number of aromatic amines is 1. The number of hydrogen-bond donors (Lipinski definition) is 2. The highest BCUT2D eigenvalue weighted by Gasteiger charge is 2.08. The van der Waals surface area contributed by atoms with Gasteiger partial charge in [0, 0.05) is 11.9 Å². The Hall–Kier alpha value is -2.82. The Kier molecular flexibility index (Phi) is 2.86. The zero-order chi connectivity index (χ0) is 13.1. The van der Waals surface area contributed by atoms with E-state index < -0.39 is 0 Å². The number of carbonyl (C=O) groups excluding carboxylic acids is 1. The Bertz CT molecular complexity index is 655. The Balaban J connectivity index is 1.75. The number of aromatic nitrogens is 2. The number of furan rings is 1. The van der Waals surface area contributed by atoms with Crippen LogP contribution in [-0.4, -0.2) is 16.1 Å². The molecule has 94 valence electrons. The van der Waals surface area contributed by atoms with Crippen LogP contribution in [0.4, 0.5) is 5.69 Å². The van der Waals surface area contributed by atoms with Crippen molar-refractivity contribution in [3.8, 4) is 11.3 Å². The lowest BCUT2D eigenvalue weighted by molar-refractivity contribution is 0.0996. The first-order valence-corrected chi connectivity index (χ1v) is 5.77. The molecule has 2 aromatic heterocycles. The predicted molar refractivity (Wildman–Crippen MR) is 70.7 cm³/mol. The van der Waals surface area contributed by atoms with Gasteiger partial charge in [0.15, 0.2) is 5.76 Å². The molecule has 0 radical (unpaired) electrons. The zero-order valence-corrected chi connectivity index (χ0v) is 9.96. The standard InChI is InChI=1S/C14H11N3O2/c18-14(13-2-1-9-19-13)16-11-5-3-10(4-6-11)12-7-8-15-17-12/h1-9H,(H,15,17)(H,16,18). The van der Waals surface area contributed by atoms with Gasteiger partial charge in [-0.3, -0.25) is 9.89 Å². The number of benzene rings is 1. The summed E-state index contributed by atoms with van der Waals surface area (Å²) >= 11 is 0. The van der Waals surface area contributed by atoms with E-state index in [4.69, 9.17) is 4.42 Å². The van der Waals surface area contributed by atoms with E-state index >= 15 is 0 Å². The monoisotopic (exact) mass is 253 g/mol. The van der Waals surface area contributed by atoms with E-state index in [1.165, 1.54) is 6.26 Å². The number of hydrogen-bond acceptors (Lipinski definition) is 3. The fourth-order valence-electron chi connectivity index (χ4n) is 1.75. The first kappa shape index (κ1) is 11.3. The molecule has 2 heterocycles. The molecule has 0 spiro atoms. The second-order valence-corrected chi connectivity index (χ2v) is 3.98. The van der Waals surface area contributed by atoms with Gasteiger partial charge in [0.05, 0.1) is 12.0 Å². The fourth-order valence-corrected chi connectivity index (χ4v) is 1.75. The summed E-state index contributed by atoms with van der Waals surface area (Å²) in [5, 5.41) is 9.54. The van der Waals surface area contributed by atoms with E-state index in [2.05, 4.69) is 15.5 Å². The van der Waals surface area contributed by atoms with E-state index in [0.717, 1.165) is 11.3 Å². The molecule has 5 nitrogen and oxygen atoms in total. The molecule has 19 heavy (non-hydrogen) atoms. The molecular formula is C14H11N3O2. The van der Waals surface area contributed by atoms with E-state index in [0.29, 0.717) is 5.69 Å². The Morgan fingerprint density at radius 3 is 2.63 bits per heavy atom. The Morgan fingerprint density at radius 2 is 2.00 bits per heavy atom. The lowest BCUT2D eigenvalue weighted by Crippen LogP contribution is -2.10. The summed E-state index contributed by atoms with van der Waals surface area (Å²) in [7, 11) is 0. The topological polar surface area (TPSA) is 70.9 Å². The number of carbonyl (C=O) groups is 1. The highest BCUT2D eigenvalue weighted by Crippen LogP contribution is 2.19. The highest BCUT2D eigenvalue weighted by molar-refractivity contribution is 6.02. The Labute approximate surface area is 109 Å². The smallest absolute Gasteiger partial charge is 0.291 e. The van der Waals surface area contributed by atoms with E-state index in [1.54, 1.807) is 18.3 Å². The van der Waals surface area contributed by atoms with Gasteiger partial charge in [0.25, 0.3) is 5.91 Å². The minimum atomic E-state index is -0.265. The third-order valence-corrected chi connectivity index (χ3v) is 2.70. The SMILES string of the molecule is O=C(Nc1ccc(-c2ccn[nH]2)cc1)c1ccco1. The number of rotatable bonds is 3. The maximum Gasteiger partial charge on any atom is 0.291 e. The number of H-pyrrole nitrogens is 1. The molecule has 0 aliphatic rings.